The number of para-hydroxylation sites is 1. The van der Waals surface area contributed by atoms with Gasteiger partial charge in [-0.3, -0.25) is 0 Å². The minimum atomic E-state index is -2.89. The molecule has 0 aliphatic carbocycles. The molecule has 28 heavy (non-hydrogen) atoms. The summed E-state index contributed by atoms with van der Waals surface area (Å²) in [5.74, 6) is 1.26. The third kappa shape index (κ3) is 6.70. The SMILES string of the molecule is CCNC(=NCc1ccccc1OC(F)F)NCC(O)c1ccc(OC)cc1. The van der Waals surface area contributed by atoms with Crippen molar-refractivity contribution in [3.63, 3.8) is 0 Å². The third-order valence-corrected chi connectivity index (χ3v) is 3.90. The molecule has 0 radical (unpaired) electrons. The maximum Gasteiger partial charge on any atom is 0.387 e. The summed E-state index contributed by atoms with van der Waals surface area (Å²) < 4.78 is 34.7. The molecule has 0 fully saturated rings. The first-order chi connectivity index (χ1) is 13.5. The molecular weight excluding hydrogens is 368 g/mol. The minimum Gasteiger partial charge on any atom is -0.497 e. The van der Waals surface area contributed by atoms with Gasteiger partial charge in [-0.25, -0.2) is 4.99 Å². The summed E-state index contributed by atoms with van der Waals surface area (Å²) in [7, 11) is 1.58. The monoisotopic (exact) mass is 393 g/mol. The smallest absolute Gasteiger partial charge is 0.387 e. The second-order valence-corrected chi connectivity index (χ2v) is 5.85. The number of guanidine groups is 1. The Morgan fingerprint density at radius 3 is 2.46 bits per heavy atom. The quantitative estimate of drug-likeness (QED) is 0.451. The van der Waals surface area contributed by atoms with Crippen molar-refractivity contribution in [3.8, 4) is 11.5 Å². The highest BCUT2D eigenvalue weighted by Crippen LogP contribution is 2.21. The van der Waals surface area contributed by atoms with Crippen molar-refractivity contribution in [2.24, 2.45) is 4.99 Å². The molecular formula is C20H25F2N3O3. The number of halogens is 2. The standard InChI is InChI=1S/C20H25F2N3O3/c1-3-23-20(24-12-15-6-4-5-7-18(15)28-19(21)22)25-13-17(26)14-8-10-16(27-2)11-9-14/h4-11,17,19,26H,3,12-13H2,1-2H3,(H2,23,24,25). The predicted molar refractivity (Wildman–Crippen MR) is 104 cm³/mol. The number of methoxy groups -OCH3 is 1. The fraction of sp³-hybridized carbons (Fsp3) is 0.350. The van der Waals surface area contributed by atoms with Gasteiger partial charge in [0.25, 0.3) is 0 Å². The molecule has 2 rings (SSSR count). The normalized spacial score (nSPS) is 12.6. The lowest BCUT2D eigenvalue weighted by Crippen LogP contribution is -2.39. The number of ether oxygens (including phenoxy) is 2. The molecule has 8 heteroatoms. The van der Waals surface area contributed by atoms with Crippen molar-refractivity contribution in [2.45, 2.75) is 26.2 Å². The second kappa shape index (κ2) is 11.1. The first kappa shape index (κ1) is 21.4. The van der Waals surface area contributed by atoms with Crippen LogP contribution in [-0.4, -0.2) is 37.9 Å². The fourth-order valence-electron chi connectivity index (χ4n) is 2.49. The molecule has 6 nitrogen and oxygen atoms in total. The van der Waals surface area contributed by atoms with Gasteiger partial charge >= 0.3 is 6.61 Å². The van der Waals surface area contributed by atoms with Crippen LogP contribution < -0.4 is 20.1 Å². The van der Waals surface area contributed by atoms with E-state index < -0.39 is 12.7 Å². The Kier molecular flexibility index (Phi) is 8.48. The average molecular weight is 393 g/mol. The zero-order valence-electron chi connectivity index (χ0n) is 15.9. The van der Waals surface area contributed by atoms with Gasteiger partial charge in [-0.1, -0.05) is 30.3 Å². The second-order valence-electron chi connectivity index (χ2n) is 5.85. The van der Waals surface area contributed by atoms with Crippen molar-refractivity contribution in [1.82, 2.24) is 10.6 Å². The number of aliphatic imine (C=N–C) groups is 1. The summed E-state index contributed by atoms with van der Waals surface area (Å²) in [4.78, 5) is 4.38. The van der Waals surface area contributed by atoms with E-state index >= 15 is 0 Å². The van der Waals surface area contributed by atoms with Crippen LogP contribution >= 0.6 is 0 Å². The number of rotatable bonds is 9. The molecule has 0 aromatic heterocycles. The summed E-state index contributed by atoms with van der Waals surface area (Å²) in [6.45, 7) is 0.00515. The summed E-state index contributed by atoms with van der Waals surface area (Å²) in [6.07, 6.45) is -0.746. The summed E-state index contributed by atoms with van der Waals surface area (Å²) in [6, 6.07) is 13.6. The van der Waals surface area contributed by atoms with Gasteiger partial charge in [-0.2, -0.15) is 8.78 Å². The van der Waals surface area contributed by atoms with Crippen LogP contribution in [0.5, 0.6) is 11.5 Å². The van der Waals surface area contributed by atoms with Crippen LogP contribution in [0.15, 0.2) is 53.5 Å². The van der Waals surface area contributed by atoms with E-state index in [1.165, 1.54) is 6.07 Å². The minimum absolute atomic E-state index is 0.0929. The molecule has 2 aromatic carbocycles. The Labute approximate surface area is 163 Å². The zero-order valence-corrected chi connectivity index (χ0v) is 15.9. The zero-order chi connectivity index (χ0) is 20.4. The molecule has 0 spiro atoms. The van der Waals surface area contributed by atoms with E-state index in [0.717, 1.165) is 5.56 Å². The molecule has 0 aliphatic rings. The van der Waals surface area contributed by atoms with Crippen LogP contribution in [0.3, 0.4) is 0 Å². The van der Waals surface area contributed by atoms with E-state index in [2.05, 4.69) is 20.4 Å². The Morgan fingerprint density at radius 2 is 1.82 bits per heavy atom. The van der Waals surface area contributed by atoms with Crippen LogP contribution in [0.4, 0.5) is 8.78 Å². The topological polar surface area (TPSA) is 75.1 Å². The third-order valence-electron chi connectivity index (χ3n) is 3.90. The lowest BCUT2D eigenvalue weighted by molar-refractivity contribution is -0.0504. The summed E-state index contributed by atoms with van der Waals surface area (Å²) in [5.41, 5.74) is 1.27. The van der Waals surface area contributed by atoms with Crippen LogP contribution in [-0.2, 0) is 6.54 Å². The van der Waals surface area contributed by atoms with E-state index in [0.29, 0.717) is 23.8 Å². The molecule has 0 aliphatic heterocycles. The molecule has 0 saturated carbocycles. The first-order valence-corrected chi connectivity index (χ1v) is 8.90. The lowest BCUT2D eigenvalue weighted by Gasteiger charge is -2.16. The van der Waals surface area contributed by atoms with Gasteiger partial charge in [-0.15, -0.1) is 0 Å². The highest BCUT2D eigenvalue weighted by Gasteiger charge is 2.11. The van der Waals surface area contributed by atoms with E-state index in [9.17, 15) is 13.9 Å². The van der Waals surface area contributed by atoms with Crippen molar-refractivity contribution < 1.29 is 23.4 Å². The number of nitrogens with one attached hydrogen (secondary N) is 2. The van der Waals surface area contributed by atoms with Crippen molar-refractivity contribution in [3.05, 3.63) is 59.7 Å². The van der Waals surface area contributed by atoms with E-state index in [1.54, 1.807) is 49.6 Å². The van der Waals surface area contributed by atoms with E-state index in [-0.39, 0.29) is 18.8 Å². The molecule has 0 saturated heterocycles. The molecule has 2 aromatic rings. The molecule has 1 unspecified atom stereocenters. The van der Waals surface area contributed by atoms with Crippen LogP contribution in [0, 0.1) is 0 Å². The number of nitrogens with zero attached hydrogens (tertiary/aromatic N) is 1. The number of alkyl halides is 2. The maximum absolute atomic E-state index is 12.5. The fourth-order valence-corrected chi connectivity index (χ4v) is 2.49. The Hall–Kier alpha value is -2.87. The van der Waals surface area contributed by atoms with Gasteiger partial charge in [0.15, 0.2) is 5.96 Å². The van der Waals surface area contributed by atoms with Crippen molar-refractivity contribution in [1.29, 1.82) is 0 Å². The molecule has 1 atom stereocenters. The molecule has 0 bridgehead atoms. The number of hydrogen-bond donors (Lipinski definition) is 3. The van der Waals surface area contributed by atoms with Crippen molar-refractivity contribution >= 4 is 5.96 Å². The number of aliphatic hydroxyl groups excluding tert-OH is 1. The van der Waals surface area contributed by atoms with Gasteiger partial charge in [-0.05, 0) is 30.7 Å². The molecule has 0 amide bonds. The van der Waals surface area contributed by atoms with Gasteiger partial charge in [0, 0.05) is 18.7 Å². The van der Waals surface area contributed by atoms with Crippen molar-refractivity contribution in [2.75, 3.05) is 20.2 Å². The van der Waals surface area contributed by atoms with Crippen LogP contribution in [0.1, 0.15) is 24.2 Å². The van der Waals surface area contributed by atoms with Crippen LogP contribution in [0.25, 0.3) is 0 Å². The number of hydrogen-bond acceptors (Lipinski definition) is 4. The van der Waals surface area contributed by atoms with Gasteiger partial charge in [0.1, 0.15) is 11.5 Å². The van der Waals surface area contributed by atoms with Gasteiger partial charge in [0.2, 0.25) is 0 Å². The highest BCUT2D eigenvalue weighted by molar-refractivity contribution is 5.79. The van der Waals surface area contributed by atoms with E-state index in [1.807, 2.05) is 6.92 Å². The molecule has 0 heterocycles. The lowest BCUT2D eigenvalue weighted by atomic mass is 10.1. The highest BCUT2D eigenvalue weighted by atomic mass is 19.3. The van der Waals surface area contributed by atoms with E-state index in [4.69, 9.17) is 4.74 Å². The average Bonchev–Trinajstić information content (AvgIpc) is 2.70. The Balaban J connectivity index is 2.00. The molecule has 3 N–H and O–H groups in total. The van der Waals surface area contributed by atoms with Gasteiger partial charge < -0.3 is 25.2 Å². The number of aliphatic hydroxyl groups is 1. The Bertz CT molecular complexity index is 755. The van der Waals surface area contributed by atoms with Gasteiger partial charge in [0.05, 0.1) is 19.8 Å². The first-order valence-electron chi connectivity index (χ1n) is 8.90. The summed E-state index contributed by atoms with van der Waals surface area (Å²) >= 11 is 0. The van der Waals surface area contributed by atoms with Crippen LogP contribution in [0.2, 0.25) is 0 Å². The molecule has 152 valence electrons. The Morgan fingerprint density at radius 1 is 1.11 bits per heavy atom. The largest absolute Gasteiger partial charge is 0.497 e. The summed E-state index contributed by atoms with van der Waals surface area (Å²) in [5, 5.41) is 16.4. The number of benzene rings is 2. The predicted octanol–water partition coefficient (Wildman–Crippen LogP) is 3.09. The maximum atomic E-state index is 12.5.